The van der Waals surface area contributed by atoms with Crippen LogP contribution in [0.1, 0.15) is 157 Å². The van der Waals surface area contributed by atoms with E-state index in [1.54, 1.807) is 0 Å². The van der Waals surface area contributed by atoms with Crippen LogP contribution >= 0.6 is 0 Å². The number of unbranched alkanes of at least 4 members (excludes halogenated alkanes) is 4. The molecule has 4 atom stereocenters. The molecule has 4 aliphatic rings. The SMILES string of the molecule is [CH2-]CC(=O)OCC12CCC(CC1)CC2.[CH2-]CCCCCCC(=O)OCCC1OCCC(C)C(CC=C(C)C)C(CCC=C(C)C)CCO1.[CH2-]CO.[Li+]. The van der Waals surface area contributed by atoms with Gasteiger partial charge in [-0.2, -0.15) is 6.42 Å². The maximum absolute atomic E-state index is 12.0. The second-order valence-corrected chi connectivity index (χ2v) is 15.7. The van der Waals surface area contributed by atoms with E-state index < -0.39 is 0 Å². The number of hydrogen-bond donors (Lipinski definition) is 1. The van der Waals surface area contributed by atoms with Crippen LogP contribution in [0.25, 0.3) is 0 Å². The minimum Gasteiger partial charge on any atom is -0.467 e. The van der Waals surface area contributed by atoms with Crippen molar-refractivity contribution < 1.29 is 52.5 Å². The summed E-state index contributed by atoms with van der Waals surface area (Å²) in [5, 5.41) is 7.46. The van der Waals surface area contributed by atoms with E-state index in [1.807, 2.05) is 0 Å². The predicted molar refractivity (Wildman–Crippen MR) is 209 cm³/mol. The number of esters is 2. The Morgan fingerprint density at radius 2 is 1.40 bits per heavy atom. The van der Waals surface area contributed by atoms with Crippen LogP contribution in [0.2, 0.25) is 0 Å². The number of hydrogen-bond acceptors (Lipinski definition) is 7. The third-order valence-electron chi connectivity index (χ3n) is 10.9. The number of aliphatic hydroxyl groups excluding tert-OH is 1. The zero-order chi connectivity index (χ0) is 37.9. The molecule has 4 unspecified atom stereocenters. The molecule has 0 aromatic rings. The number of aliphatic hydroxyl groups is 1. The van der Waals surface area contributed by atoms with Crippen molar-refractivity contribution in [3.05, 3.63) is 44.1 Å². The molecule has 1 N–H and O–H groups in total. The summed E-state index contributed by atoms with van der Waals surface area (Å²) in [7, 11) is 0. The van der Waals surface area contributed by atoms with Crippen molar-refractivity contribution in [2.45, 2.75) is 163 Å². The van der Waals surface area contributed by atoms with Crippen molar-refractivity contribution in [3.8, 4) is 0 Å². The third kappa shape index (κ3) is 23.6. The molecule has 3 saturated carbocycles. The van der Waals surface area contributed by atoms with E-state index in [1.165, 1.54) is 56.1 Å². The van der Waals surface area contributed by atoms with Gasteiger partial charge in [0, 0.05) is 24.9 Å². The van der Waals surface area contributed by atoms with Crippen LogP contribution in [0.3, 0.4) is 0 Å². The molecular formula is C44H77LiO7-2. The van der Waals surface area contributed by atoms with E-state index in [9.17, 15) is 9.59 Å². The number of ether oxygens (including phenoxy) is 4. The first-order valence-electron chi connectivity index (χ1n) is 20.3. The molecule has 7 nitrogen and oxygen atoms in total. The monoisotopic (exact) mass is 725 g/mol. The largest absolute Gasteiger partial charge is 1.00 e. The Morgan fingerprint density at radius 1 is 0.808 bits per heavy atom. The van der Waals surface area contributed by atoms with Crippen molar-refractivity contribution in [2.75, 3.05) is 33.0 Å². The van der Waals surface area contributed by atoms with Crippen molar-refractivity contribution >= 4 is 11.9 Å². The molecule has 0 radical (unpaired) electrons. The maximum atomic E-state index is 12.0. The summed E-state index contributed by atoms with van der Waals surface area (Å²) in [6, 6.07) is 0. The van der Waals surface area contributed by atoms with Crippen LogP contribution in [-0.4, -0.2) is 56.4 Å². The number of carbonyl (C=O) groups is 2. The quantitative estimate of drug-likeness (QED) is 0.0539. The molecule has 8 heteroatoms. The van der Waals surface area contributed by atoms with Gasteiger partial charge in [-0.25, -0.2) is 0 Å². The summed E-state index contributed by atoms with van der Waals surface area (Å²) in [4.78, 5) is 23.0. The summed E-state index contributed by atoms with van der Waals surface area (Å²) in [5.41, 5.74) is 3.14. The zero-order valence-corrected chi connectivity index (χ0v) is 34.5. The number of fused-ring (bicyclic) bond motifs is 3. The molecule has 0 aromatic heterocycles. The van der Waals surface area contributed by atoms with Gasteiger partial charge >= 0.3 is 24.8 Å². The van der Waals surface area contributed by atoms with E-state index >= 15 is 0 Å². The van der Waals surface area contributed by atoms with Crippen LogP contribution < -0.4 is 18.9 Å². The van der Waals surface area contributed by atoms with E-state index in [0.29, 0.717) is 62.4 Å². The fourth-order valence-electron chi connectivity index (χ4n) is 7.59. The Balaban J connectivity index is 0.00000119. The summed E-state index contributed by atoms with van der Waals surface area (Å²) >= 11 is 0. The van der Waals surface area contributed by atoms with Crippen LogP contribution in [0.15, 0.2) is 23.3 Å². The van der Waals surface area contributed by atoms with E-state index in [4.69, 9.17) is 24.1 Å². The Labute approximate surface area is 332 Å². The minimum atomic E-state index is -0.287. The summed E-state index contributed by atoms with van der Waals surface area (Å²) in [5.74, 6) is 2.62. The average molecular weight is 725 g/mol. The number of carbonyl (C=O) groups excluding carboxylic acids is 2. The zero-order valence-electron chi connectivity index (χ0n) is 34.5. The van der Waals surface area contributed by atoms with Gasteiger partial charge in [-0.3, -0.25) is 9.59 Å². The molecule has 0 spiro atoms. The second-order valence-electron chi connectivity index (χ2n) is 15.7. The van der Waals surface area contributed by atoms with Gasteiger partial charge in [0.1, 0.15) is 0 Å². The van der Waals surface area contributed by atoms with Gasteiger partial charge in [-0.05, 0) is 128 Å². The Morgan fingerprint density at radius 3 is 1.98 bits per heavy atom. The van der Waals surface area contributed by atoms with Gasteiger partial charge < -0.3 is 44.8 Å². The second kappa shape index (κ2) is 31.1. The minimum absolute atomic E-state index is 0. The first kappa shape index (κ1) is 50.9. The van der Waals surface area contributed by atoms with Crippen LogP contribution in [0.5, 0.6) is 0 Å². The molecule has 1 aliphatic heterocycles. The van der Waals surface area contributed by atoms with Gasteiger partial charge in [-0.15, -0.1) is 0 Å². The third-order valence-corrected chi connectivity index (χ3v) is 10.9. The first-order chi connectivity index (χ1) is 24.5. The van der Waals surface area contributed by atoms with Crippen LogP contribution in [0, 0.1) is 49.9 Å². The standard InChI is InChI=1S/C30H53O4.C12H19O2.C2H5O.Li/c1-7-8-9-10-11-15-29(31)32-23-20-30-33-21-18-26(6)28(17-16-25(4)5)27(19-22-34-30)14-12-13-24(2)3;1-2-11(13)14-9-12-6-3-10(4-7-12)5-8-12;1-2-3;/h13,16,26-28,30H,1,7-12,14-15,17-23H2,2-6H3;10H,1-9H2;3H,1-2H2;/q3*-1;+1. The van der Waals surface area contributed by atoms with E-state index in [2.05, 4.69) is 67.5 Å². The van der Waals surface area contributed by atoms with E-state index in [-0.39, 0.29) is 50.1 Å². The molecule has 298 valence electrons. The molecule has 0 amide bonds. The average Bonchev–Trinajstić information content (AvgIpc) is 3.11. The number of allylic oxidation sites excluding steroid dienone is 4. The molecule has 52 heavy (non-hydrogen) atoms. The van der Waals surface area contributed by atoms with Crippen molar-refractivity contribution in [2.24, 2.45) is 29.1 Å². The molecule has 1 heterocycles. The van der Waals surface area contributed by atoms with Crippen molar-refractivity contribution in [1.82, 2.24) is 0 Å². The molecular weight excluding hydrogens is 647 g/mol. The van der Waals surface area contributed by atoms with Crippen LogP contribution in [-0.2, 0) is 28.5 Å². The summed E-state index contributed by atoms with van der Waals surface area (Å²) in [6.45, 7) is 24.0. The van der Waals surface area contributed by atoms with Gasteiger partial charge in [0.25, 0.3) is 5.97 Å². The van der Waals surface area contributed by atoms with Gasteiger partial charge in [0.05, 0.1) is 19.8 Å². The van der Waals surface area contributed by atoms with Gasteiger partial charge in [0.2, 0.25) is 0 Å². The number of rotatable bonds is 17. The molecule has 1 saturated heterocycles. The molecule has 4 rings (SSSR count). The van der Waals surface area contributed by atoms with Crippen LogP contribution in [0.4, 0.5) is 0 Å². The van der Waals surface area contributed by atoms with Crippen molar-refractivity contribution in [1.29, 1.82) is 0 Å². The van der Waals surface area contributed by atoms with E-state index in [0.717, 1.165) is 63.7 Å². The van der Waals surface area contributed by atoms with Crippen molar-refractivity contribution in [3.63, 3.8) is 0 Å². The Kier molecular flexibility index (Phi) is 30.5. The fourth-order valence-corrected chi connectivity index (χ4v) is 7.59. The van der Waals surface area contributed by atoms with Gasteiger partial charge in [-0.1, -0.05) is 62.5 Å². The maximum Gasteiger partial charge on any atom is 1.00 e. The first-order valence-corrected chi connectivity index (χ1v) is 20.3. The summed E-state index contributed by atoms with van der Waals surface area (Å²) < 4.78 is 22.9. The smallest absolute Gasteiger partial charge is 0.467 e. The predicted octanol–water partition coefficient (Wildman–Crippen LogP) is 7.76. The molecule has 0 aromatic carbocycles. The topological polar surface area (TPSA) is 91.3 Å². The molecule has 4 fully saturated rings. The fraction of sp³-hybridized carbons (Fsp3) is 0.795. The Bertz CT molecular complexity index is 950. The Hall–Kier alpha value is -1.10. The normalized spacial score (nSPS) is 25.4. The summed E-state index contributed by atoms with van der Waals surface area (Å²) in [6.07, 6.45) is 24.5. The van der Waals surface area contributed by atoms with Gasteiger partial charge in [0.15, 0.2) is 6.29 Å². The molecule has 3 aliphatic carbocycles. The molecule has 2 bridgehead atoms.